The van der Waals surface area contributed by atoms with E-state index in [1.165, 1.54) is 17.9 Å². The Bertz CT molecular complexity index is 1250. The first-order valence-corrected chi connectivity index (χ1v) is 12.2. The smallest absolute Gasteiger partial charge is 0.346 e. The Morgan fingerprint density at radius 3 is 2.68 bits per heavy atom. The fourth-order valence-corrected chi connectivity index (χ4v) is 5.42. The summed E-state index contributed by atoms with van der Waals surface area (Å²) in [7, 11) is 0. The summed E-state index contributed by atoms with van der Waals surface area (Å²) in [5.74, 6) is -5.29. The van der Waals surface area contributed by atoms with Crippen molar-refractivity contribution in [3.05, 3.63) is 47.0 Å². The lowest BCUT2D eigenvalue weighted by Crippen LogP contribution is -2.63. The molecule has 38 heavy (non-hydrogen) atoms. The van der Waals surface area contributed by atoms with Gasteiger partial charge in [0.05, 0.1) is 35.2 Å². The lowest BCUT2D eigenvalue weighted by atomic mass is 9.81. The minimum absolute atomic E-state index is 0.0257. The Hall–Kier alpha value is -3.22. The van der Waals surface area contributed by atoms with Crippen molar-refractivity contribution in [3.8, 4) is 0 Å². The van der Waals surface area contributed by atoms with Crippen molar-refractivity contribution in [1.82, 2.24) is 19.8 Å². The first kappa shape index (κ1) is 27.8. The third kappa shape index (κ3) is 5.47. The molecule has 14 heteroatoms. The molecule has 8 nitrogen and oxygen atoms in total. The highest BCUT2D eigenvalue weighted by Crippen LogP contribution is 2.42. The summed E-state index contributed by atoms with van der Waals surface area (Å²) in [5.41, 5.74) is -1.06. The van der Waals surface area contributed by atoms with Crippen LogP contribution in [0, 0.1) is 11.3 Å². The lowest BCUT2D eigenvalue weighted by Gasteiger charge is -2.46. The van der Waals surface area contributed by atoms with Crippen molar-refractivity contribution in [2.24, 2.45) is 5.92 Å². The molecule has 2 amide bonds. The number of imidazole rings is 1. The van der Waals surface area contributed by atoms with Crippen LogP contribution in [0.25, 0.3) is 0 Å². The molecule has 1 saturated carbocycles. The zero-order chi connectivity index (χ0) is 28.0. The van der Waals surface area contributed by atoms with Crippen molar-refractivity contribution in [1.29, 1.82) is 5.41 Å². The molecule has 3 N–H and O–H groups in total. The highest BCUT2D eigenvalue weighted by atomic mass is 35.5. The number of carbonyl (C=O) groups excluding carboxylic acids is 2. The number of guanidine groups is 1. The molecule has 1 aromatic carbocycles. The van der Waals surface area contributed by atoms with Gasteiger partial charge in [0.15, 0.2) is 5.96 Å². The van der Waals surface area contributed by atoms with Crippen molar-refractivity contribution >= 4 is 35.1 Å². The van der Waals surface area contributed by atoms with E-state index in [-0.39, 0.29) is 48.0 Å². The number of amides is 2. The van der Waals surface area contributed by atoms with Gasteiger partial charge >= 0.3 is 6.18 Å². The SMILES string of the molecule is CC1CC(N2C(=N)N[C@](C)(c3cccc(NC(=O)c4cncn4CC(F)(F)F)c3Cl)CC2=O)CCC1(F)F. The maximum Gasteiger partial charge on any atom is 0.406 e. The van der Waals surface area contributed by atoms with E-state index in [2.05, 4.69) is 15.6 Å². The Labute approximate surface area is 220 Å². The van der Waals surface area contributed by atoms with Crippen molar-refractivity contribution in [2.75, 3.05) is 5.32 Å². The van der Waals surface area contributed by atoms with Gasteiger partial charge in [-0.3, -0.25) is 19.9 Å². The van der Waals surface area contributed by atoms with Crippen LogP contribution in [0.1, 0.15) is 55.6 Å². The normalized spacial score (nSPS) is 25.7. The van der Waals surface area contributed by atoms with Gasteiger partial charge in [-0.25, -0.2) is 13.8 Å². The topological polar surface area (TPSA) is 103 Å². The fraction of sp³-hybridized carbons (Fsp3) is 0.500. The quantitative estimate of drug-likeness (QED) is 0.440. The van der Waals surface area contributed by atoms with Gasteiger partial charge in [0.25, 0.3) is 11.8 Å². The Morgan fingerprint density at radius 2 is 2.05 bits per heavy atom. The number of carbonyl (C=O) groups is 2. The predicted molar refractivity (Wildman–Crippen MR) is 129 cm³/mol. The number of rotatable bonds is 5. The Morgan fingerprint density at radius 1 is 1.34 bits per heavy atom. The minimum Gasteiger partial charge on any atom is -0.346 e. The van der Waals surface area contributed by atoms with E-state index in [9.17, 15) is 31.5 Å². The summed E-state index contributed by atoms with van der Waals surface area (Å²) < 4.78 is 67.1. The van der Waals surface area contributed by atoms with Gasteiger partial charge in [-0.1, -0.05) is 30.7 Å². The summed E-state index contributed by atoms with van der Waals surface area (Å²) in [4.78, 5) is 30.8. The predicted octanol–water partition coefficient (Wildman–Crippen LogP) is 5.15. The summed E-state index contributed by atoms with van der Waals surface area (Å²) in [5, 5.41) is 14.0. The maximum atomic E-state index is 14.0. The number of aromatic nitrogens is 2. The number of anilines is 1. The number of hydrogen-bond donors (Lipinski definition) is 3. The van der Waals surface area contributed by atoms with E-state index >= 15 is 0 Å². The van der Waals surface area contributed by atoms with Crippen LogP contribution in [0.4, 0.5) is 27.6 Å². The van der Waals surface area contributed by atoms with Gasteiger partial charge in [-0.05, 0) is 31.4 Å². The van der Waals surface area contributed by atoms with E-state index in [1.54, 1.807) is 19.1 Å². The highest BCUT2D eigenvalue weighted by molar-refractivity contribution is 6.35. The van der Waals surface area contributed by atoms with Crippen LogP contribution in [0.15, 0.2) is 30.7 Å². The molecule has 2 fully saturated rings. The minimum atomic E-state index is -4.56. The van der Waals surface area contributed by atoms with Crippen molar-refractivity contribution < 1.29 is 31.5 Å². The highest BCUT2D eigenvalue weighted by Gasteiger charge is 2.48. The molecule has 1 saturated heterocycles. The molecule has 2 unspecified atom stereocenters. The first-order chi connectivity index (χ1) is 17.6. The van der Waals surface area contributed by atoms with Crippen LogP contribution in [0.2, 0.25) is 5.02 Å². The summed E-state index contributed by atoms with van der Waals surface area (Å²) in [6.45, 7) is 1.67. The molecule has 4 rings (SSSR count). The standard InChI is InChI=1S/C24H26ClF5N6O2/c1-13-8-14(6-7-23(13,26)27)36-18(37)9-22(2,34-21(36)31)15-4-3-5-16(19(15)25)33-20(38)17-10-32-12-35(17)11-24(28,29)30/h3-5,10,12-14H,6-9,11H2,1-2H3,(H2,31,34)(H,33,38)/t13?,14?,22-/m0/s1. The molecule has 0 radical (unpaired) electrons. The zero-order valence-corrected chi connectivity index (χ0v) is 21.3. The molecule has 2 aliphatic rings. The lowest BCUT2D eigenvalue weighted by molar-refractivity contribution is -0.140. The second-order valence-corrected chi connectivity index (χ2v) is 10.4. The van der Waals surface area contributed by atoms with Gasteiger partial charge < -0.3 is 15.2 Å². The number of nitrogens with zero attached hydrogens (tertiary/aromatic N) is 3. The number of nitrogens with one attached hydrogen (secondary N) is 3. The molecule has 1 aliphatic heterocycles. The first-order valence-electron chi connectivity index (χ1n) is 11.8. The van der Waals surface area contributed by atoms with Gasteiger partial charge in [-0.2, -0.15) is 13.2 Å². The molecule has 0 spiro atoms. The van der Waals surface area contributed by atoms with Crippen LogP contribution in [-0.2, 0) is 16.9 Å². The molecule has 3 atom stereocenters. The molecule has 0 bridgehead atoms. The third-order valence-corrected chi connectivity index (χ3v) is 7.47. The van der Waals surface area contributed by atoms with Gasteiger partial charge in [0, 0.05) is 18.4 Å². The van der Waals surface area contributed by atoms with Crippen LogP contribution in [0.3, 0.4) is 0 Å². The summed E-state index contributed by atoms with van der Waals surface area (Å²) in [6, 6.07) is 4.05. The van der Waals surface area contributed by atoms with Gasteiger partial charge in [0.2, 0.25) is 5.91 Å². The number of hydrogen-bond acceptors (Lipinski definition) is 4. The van der Waals surface area contributed by atoms with E-state index in [4.69, 9.17) is 17.0 Å². The van der Waals surface area contributed by atoms with Gasteiger partial charge in [-0.15, -0.1) is 0 Å². The molecule has 2 aromatic rings. The number of benzene rings is 1. The van der Waals surface area contributed by atoms with E-state index in [0.29, 0.717) is 10.1 Å². The Balaban J connectivity index is 1.53. The zero-order valence-electron chi connectivity index (χ0n) is 20.5. The Kier molecular flexibility index (Phi) is 7.19. The summed E-state index contributed by atoms with van der Waals surface area (Å²) >= 11 is 6.58. The van der Waals surface area contributed by atoms with Crippen LogP contribution in [0.5, 0.6) is 0 Å². The molecular formula is C24H26ClF5N6O2. The third-order valence-electron chi connectivity index (χ3n) is 7.07. The monoisotopic (exact) mass is 560 g/mol. The maximum absolute atomic E-state index is 14.0. The van der Waals surface area contributed by atoms with E-state index in [0.717, 1.165) is 12.5 Å². The number of alkyl halides is 5. The van der Waals surface area contributed by atoms with Gasteiger partial charge in [0.1, 0.15) is 12.2 Å². The van der Waals surface area contributed by atoms with Crippen molar-refractivity contribution in [3.63, 3.8) is 0 Å². The molecule has 2 heterocycles. The average molecular weight is 561 g/mol. The van der Waals surface area contributed by atoms with Crippen LogP contribution >= 0.6 is 11.6 Å². The molecule has 206 valence electrons. The second kappa shape index (κ2) is 9.83. The van der Waals surface area contributed by atoms with E-state index in [1.807, 2.05) is 0 Å². The molecule has 1 aliphatic carbocycles. The second-order valence-electron chi connectivity index (χ2n) is 9.98. The van der Waals surface area contributed by atoms with Crippen LogP contribution < -0.4 is 10.6 Å². The summed E-state index contributed by atoms with van der Waals surface area (Å²) in [6.07, 6.45) is -3.06. The van der Waals surface area contributed by atoms with Crippen LogP contribution in [-0.4, -0.2) is 50.4 Å². The van der Waals surface area contributed by atoms with E-state index < -0.39 is 48.0 Å². The molecule has 1 aromatic heterocycles. The number of halogens is 6. The fourth-order valence-electron chi connectivity index (χ4n) is 5.04. The van der Waals surface area contributed by atoms with Crippen molar-refractivity contribution in [2.45, 2.75) is 69.8 Å². The largest absolute Gasteiger partial charge is 0.406 e. The molecular weight excluding hydrogens is 535 g/mol. The average Bonchev–Trinajstić information content (AvgIpc) is 3.23.